The number of benzene rings is 1. The quantitative estimate of drug-likeness (QED) is 0.899. The van der Waals surface area contributed by atoms with Crippen molar-refractivity contribution in [2.75, 3.05) is 6.54 Å². The summed E-state index contributed by atoms with van der Waals surface area (Å²) < 4.78 is 19.2. The van der Waals surface area contributed by atoms with Crippen LogP contribution in [0.3, 0.4) is 0 Å². The lowest BCUT2D eigenvalue weighted by atomic mass is 9.93. The second-order valence-corrected chi connectivity index (χ2v) is 6.74. The lowest BCUT2D eigenvalue weighted by molar-refractivity contribution is 0.00165. The predicted molar refractivity (Wildman–Crippen MR) is 83.2 cm³/mol. The average Bonchev–Trinajstić information content (AvgIpc) is 2.45. The van der Waals surface area contributed by atoms with Crippen LogP contribution in [0.4, 0.5) is 9.18 Å². The van der Waals surface area contributed by atoms with Gasteiger partial charge in [0.1, 0.15) is 11.8 Å². The van der Waals surface area contributed by atoms with Crippen LogP contribution in [0.5, 0.6) is 0 Å². The zero-order chi connectivity index (χ0) is 17.2. The zero-order valence-corrected chi connectivity index (χ0v) is 13.6. The summed E-state index contributed by atoms with van der Waals surface area (Å²) in [5, 5.41) is 9.11. The molecule has 1 aliphatic heterocycles. The molecule has 0 spiro atoms. The first-order valence-corrected chi connectivity index (χ1v) is 7.64. The molecule has 6 heteroatoms. The molecular weight excluding hydrogens is 301 g/mol. The number of alkyl halides is 1. The largest absolute Gasteiger partial charge is 0.478 e. The van der Waals surface area contributed by atoms with E-state index in [2.05, 4.69) is 0 Å². The molecule has 1 amide bonds. The summed E-state index contributed by atoms with van der Waals surface area (Å²) in [6.45, 7) is 5.56. The fraction of sp³-hybridized carbons (Fsp3) is 0.529. The van der Waals surface area contributed by atoms with E-state index in [0.717, 1.165) is 0 Å². The molecule has 0 aromatic heterocycles. The van der Waals surface area contributed by atoms with Gasteiger partial charge in [0, 0.05) is 13.0 Å². The molecule has 126 valence electrons. The standard InChI is InChI=1S/C17H22FNO4/c1-17(2,3)23-16(22)19-8-7-13(18)10-14(19)11-5-4-6-12(9-11)15(20)21/h4-6,9,13-14H,7-8,10H2,1-3H3,(H,20,21). The highest BCUT2D eigenvalue weighted by Gasteiger charge is 2.35. The van der Waals surface area contributed by atoms with Crippen molar-refractivity contribution in [1.29, 1.82) is 0 Å². The first kappa shape index (κ1) is 17.2. The summed E-state index contributed by atoms with van der Waals surface area (Å²) >= 11 is 0. The summed E-state index contributed by atoms with van der Waals surface area (Å²) in [5.74, 6) is -1.05. The Labute approximate surface area is 135 Å². The molecule has 1 aromatic carbocycles. The number of carboxylic acid groups (broad SMARTS) is 1. The Morgan fingerprint density at radius 1 is 1.35 bits per heavy atom. The van der Waals surface area contributed by atoms with Crippen molar-refractivity contribution in [3.8, 4) is 0 Å². The van der Waals surface area contributed by atoms with Crippen molar-refractivity contribution < 1.29 is 23.8 Å². The van der Waals surface area contributed by atoms with Crippen molar-refractivity contribution in [2.45, 2.75) is 51.4 Å². The van der Waals surface area contributed by atoms with Gasteiger partial charge in [0.2, 0.25) is 0 Å². The number of aromatic carboxylic acids is 1. The predicted octanol–water partition coefficient (Wildman–Crippen LogP) is 3.79. The smallest absolute Gasteiger partial charge is 0.410 e. The van der Waals surface area contributed by atoms with E-state index < -0.39 is 29.9 Å². The molecule has 2 atom stereocenters. The number of rotatable bonds is 2. The molecule has 0 aliphatic carbocycles. The molecule has 1 aromatic rings. The molecule has 1 saturated heterocycles. The van der Waals surface area contributed by atoms with E-state index >= 15 is 0 Å². The number of carbonyl (C=O) groups is 2. The molecule has 1 heterocycles. The molecule has 1 aliphatic rings. The summed E-state index contributed by atoms with van der Waals surface area (Å²) in [4.78, 5) is 25.0. The average molecular weight is 323 g/mol. The number of ether oxygens (including phenoxy) is 1. The fourth-order valence-corrected chi connectivity index (χ4v) is 2.66. The molecule has 1 N–H and O–H groups in total. The highest BCUT2D eigenvalue weighted by molar-refractivity contribution is 5.87. The van der Waals surface area contributed by atoms with Gasteiger partial charge in [-0.05, 0) is 44.9 Å². The van der Waals surface area contributed by atoms with Gasteiger partial charge in [-0.2, -0.15) is 0 Å². The highest BCUT2D eigenvalue weighted by Crippen LogP contribution is 2.34. The van der Waals surface area contributed by atoms with Gasteiger partial charge >= 0.3 is 12.1 Å². The summed E-state index contributed by atoms with van der Waals surface area (Å²) in [6, 6.07) is 5.76. The van der Waals surface area contributed by atoms with E-state index in [9.17, 15) is 14.0 Å². The summed E-state index contributed by atoms with van der Waals surface area (Å²) in [5.41, 5.74) is 0.0858. The Hall–Kier alpha value is -2.11. The second kappa shape index (κ2) is 6.56. The van der Waals surface area contributed by atoms with Crippen LogP contribution in [0, 0.1) is 0 Å². The van der Waals surface area contributed by atoms with Crippen molar-refractivity contribution in [3.05, 3.63) is 35.4 Å². The van der Waals surface area contributed by atoms with Crippen LogP contribution in [0.25, 0.3) is 0 Å². The molecule has 0 saturated carbocycles. The van der Waals surface area contributed by atoms with Crippen molar-refractivity contribution in [3.63, 3.8) is 0 Å². The van der Waals surface area contributed by atoms with Crippen LogP contribution in [-0.2, 0) is 4.74 Å². The second-order valence-electron chi connectivity index (χ2n) is 6.74. The Bertz CT molecular complexity index is 597. The minimum Gasteiger partial charge on any atom is -0.478 e. The van der Waals surface area contributed by atoms with Crippen LogP contribution in [0.15, 0.2) is 24.3 Å². The SMILES string of the molecule is CC(C)(C)OC(=O)N1CCC(F)CC1c1cccc(C(=O)O)c1. The summed E-state index contributed by atoms with van der Waals surface area (Å²) in [6.07, 6.45) is -1.13. The molecule has 0 radical (unpaired) electrons. The van der Waals surface area contributed by atoms with E-state index in [0.29, 0.717) is 5.56 Å². The number of carboxylic acids is 1. The third kappa shape index (κ3) is 4.43. The number of likely N-dealkylation sites (tertiary alicyclic amines) is 1. The maximum atomic E-state index is 13.9. The molecule has 23 heavy (non-hydrogen) atoms. The molecule has 1 fully saturated rings. The van der Waals surface area contributed by atoms with Gasteiger partial charge in [-0.25, -0.2) is 14.0 Å². The Morgan fingerprint density at radius 2 is 2.04 bits per heavy atom. The van der Waals surface area contributed by atoms with Crippen molar-refractivity contribution in [1.82, 2.24) is 4.90 Å². The van der Waals surface area contributed by atoms with Crippen LogP contribution >= 0.6 is 0 Å². The van der Waals surface area contributed by atoms with Gasteiger partial charge in [0.15, 0.2) is 0 Å². The van der Waals surface area contributed by atoms with E-state index in [-0.39, 0.29) is 24.9 Å². The van der Waals surface area contributed by atoms with Gasteiger partial charge in [-0.1, -0.05) is 12.1 Å². The number of nitrogens with zero attached hydrogens (tertiary/aromatic N) is 1. The fourth-order valence-electron chi connectivity index (χ4n) is 2.66. The van der Waals surface area contributed by atoms with Gasteiger partial charge in [0.25, 0.3) is 0 Å². The normalized spacial score (nSPS) is 21.8. The number of hydrogen-bond donors (Lipinski definition) is 1. The van der Waals surface area contributed by atoms with E-state index in [1.165, 1.54) is 17.0 Å². The van der Waals surface area contributed by atoms with Gasteiger partial charge in [0.05, 0.1) is 11.6 Å². The number of amides is 1. The van der Waals surface area contributed by atoms with Gasteiger partial charge in [-0.15, -0.1) is 0 Å². The number of hydrogen-bond acceptors (Lipinski definition) is 3. The third-order valence-electron chi connectivity index (χ3n) is 3.68. The van der Waals surface area contributed by atoms with Crippen LogP contribution in [-0.4, -0.2) is 40.4 Å². The van der Waals surface area contributed by atoms with Crippen LogP contribution in [0.1, 0.15) is 55.6 Å². The minimum absolute atomic E-state index is 0.118. The maximum Gasteiger partial charge on any atom is 0.410 e. The number of piperidine rings is 1. The van der Waals surface area contributed by atoms with Crippen LogP contribution in [0.2, 0.25) is 0 Å². The van der Waals surface area contributed by atoms with E-state index in [1.54, 1.807) is 32.9 Å². The van der Waals surface area contributed by atoms with E-state index in [4.69, 9.17) is 9.84 Å². The molecule has 2 unspecified atom stereocenters. The first-order valence-electron chi connectivity index (χ1n) is 7.64. The maximum absolute atomic E-state index is 13.9. The van der Waals surface area contributed by atoms with Crippen LogP contribution < -0.4 is 0 Å². The molecular formula is C17H22FNO4. The first-order chi connectivity index (χ1) is 10.7. The Morgan fingerprint density at radius 3 is 2.65 bits per heavy atom. The Kier molecular flexibility index (Phi) is 4.92. The summed E-state index contributed by atoms with van der Waals surface area (Å²) in [7, 11) is 0. The minimum atomic E-state index is -1.05. The van der Waals surface area contributed by atoms with Crippen molar-refractivity contribution >= 4 is 12.1 Å². The zero-order valence-electron chi connectivity index (χ0n) is 13.6. The van der Waals surface area contributed by atoms with Gasteiger partial charge < -0.3 is 14.7 Å². The molecule has 2 rings (SSSR count). The molecule has 5 nitrogen and oxygen atoms in total. The van der Waals surface area contributed by atoms with Crippen molar-refractivity contribution in [2.24, 2.45) is 0 Å². The number of halogens is 1. The lowest BCUT2D eigenvalue weighted by Gasteiger charge is -2.38. The number of carbonyl (C=O) groups excluding carboxylic acids is 1. The third-order valence-corrected chi connectivity index (χ3v) is 3.68. The molecule has 0 bridgehead atoms. The highest BCUT2D eigenvalue weighted by atomic mass is 19.1. The van der Waals surface area contributed by atoms with Gasteiger partial charge in [-0.3, -0.25) is 0 Å². The van der Waals surface area contributed by atoms with E-state index in [1.807, 2.05) is 0 Å². The Balaban J connectivity index is 2.29. The monoisotopic (exact) mass is 323 g/mol. The topological polar surface area (TPSA) is 66.8 Å². The lowest BCUT2D eigenvalue weighted by Crippen LogP contribution is -2.44.